The van der Waals surface area contributed by atoms with Gasteiger partial charge in [-0.15, -0.1) is 11.3 Å². The number of urea groups is 1. The van der Waals surface area contributed by atoms with Crippen molar-refractivity contribution in [2.45, 2.75) is 25.4 Å². The summed E-state index contributed by atoms with van der Waals surface area (Å²) >= 11 is 7.36. The number of aromatic nitrogens is 1. The smallest absolute Gasteiger partial charge is 0.325 e. The van der Waals surface area contributed by atoms with Crippen LogP contribution in [0.4, 0.5) is 4.79 Å². The van der Waals surface area contributed by atoms with E-state index >= 15 is 0 Å². The molecule has 0 saturated carbocycles. The average Bonchev–Trinajstić information content (AvgIpc) is 3.13. The summed E-state index contributed by atoms with van der Waals surface area (Å²) in [5.41, 5.74) is 0.00800. The van der Waals surface area contributed by atoms with Gasteiger partial charge < -0.3 is 10.2 Å². The maximum Gasteiger partial charge on any atom is 0.325 e. The first-order valence-corrected chi connectivity index (χ1v) is 9.50. The Kier molecular flexibility index (Phi) is 5.21. The third-order valence-corrected chi connectivity index (χ3v) is 5.53. The van der Waals surface area contributed by atoms with Gasteiger partial charge in [-0.1, -0.05) is 23.7 Å². The highest BCUT2D eigenvalue weighted by molar-refractivity contribution is 7.09. The Morgan fingerprint density at radius 2 is 2.11 bits per heavy atom. The molecule has 27 heavy (non-hydrogen) atoms. The van der Waals surface area contributed by atoms with E-state index in [4.69, 9.17) is 11.6 Å². The summed E-state index contributed by atoms with van der Waals surface area (Å²) in [5, 5.41) is 5.64. The van der Waals surface area contributed by atoms with Gasteiger partial charge in [0, 0.05) is 24.5 Å². The van der Waals surface area contributed by atoms with Gasteiger partial charge in [-0.3, -0.25) is 14.5 Å². The van der Waals surface area contributed by atoms with E-state index in [1.54, 1.807) is 50.7 Å². The third-order valence-electron chi connectivity index (χ3n) is 4.40. The van der Waals surface area contributed by atoms with Gasteiger partial charge in [0.05, 0.1) is 18.7 Å². The first kappa shape index (κ1) is 19.3. The molecule has 1 N–H and O–H groups in total. The predicted molar refractivity (Wildman–Crippen MR) is 102 cm³/mol. The first-order valence-electron chi connectivity index (χ1n) is 8.24. The molecular weight excluding hydrogens is 388 g/mol. The summed E-state index contributed by atoms with van der Waals surface area (Å²) in [6, 6.07) is 6.37. The number of carbonyl (C=O) groups is 3. The quantitative estimate of drug-likeness (QED) is 0.773. The van der Waals surface area contributed by atoms with Crippen LogP contribution in [0.3, 0.4) is 0 Å². The van der Waals surface area contributed by atoms with Gasteiger partial charge in [0.1, 0.15) is 10.5 Å². The lowest BCUT2D eigenvalue weighted by Gasteiger charge is -2.22. The summed E-state index contributed by atoms with van der Waals surface area (Å²) in [6.07, 6.45) is 0.192. The molecule has 2 aromatic rings. The SMILES string of the molecule is CN(C)C(=O)Cc1nc(CN2C(=O)NC(C)(c3cccc(Cl)c3)C2=O)cs1. The Balaban J connectivity index is 1.77. The van der Waals surface area contributed by atoms with Crippen LogP contribution < -0.4 is 5.32 Å². The number of hydrogen-bond acceptors (Lipinski definition) is 5. The van der Waals surface area contributed by atoms with E-state index in [0.29, 0.717) is 21.3 Å². The van der Waals surface area contributed by atoms with Crippen molar-refractivity contribution in [3.63, 3.8) is 0 Å². The zero-order valence-electron chi connectivity index (χ0n) is 15.2. The number of halogens is 1. The Hall–Kier alpha value is -2.45. The standard InChI is InChI=1S/C18H19ClN4O3S/c1-18(11-5-4-6-12(19)7-11)16(25)23(17(26)21-18)9-13-10-27-14(20-13)8-15(24)22(2)3/h4-7,10H,8-9H2,1-3H3,(H,21,26). The summed E-state index contributed by atoms with van der Waals surface area (Å²) in [5.74, 6) is -0.423. The van der Waals surface area contributed by atoms with Gasteiger partial charge in [0.2, 0.25) is 5.91 Å². The fourth-order valence-corrected chi connectivity index (χ4v) is 3.75. The van der Waals surface area contributed by atoms with E-state index in [9.17, 15) is 14.4 Å². The lowest BCUT2D eigenvalue weighted by Crippen LogP contribution is -2.40. The van der Waals surface area contributed by atoms with Crippen molar-refractivity contribution in [3.8, 4) is 0 Å². The van der Waals surface area contributed by atoms with Crippen LogP contribution in [0.2, 0.25) is 5.02 Å². The molecule has 0 bridgehead atoms. The van der Waals surface area contributed by atoms with E-state index in [1.165, 1.54) is 16.2 Å². The number of hydrogen-bond donors (Lipinski definition) is 1. The van der Waals surface area contributed by atoms with Crippen LogP contribution in [0.25, 0.3) is 0 Å². The van der Waals surface area contributed by atoms with E-state index in [-0.39, 0.29) is 24.8 Å². The maximum absolute atomic E-state index is 12.9. The first-order chi connectivity index (χ1) is 12.7. The number of nitrogens with one attached hydrogen (secondary N) is 1. The van der Waals surface area contributed by atoms with Gasteiger partial charge in [-0.05, 0) is 24.6 Å². The number of thiazole rings is 1. The van der Waals surface area contributed by atoms with Crippen molar-refractivity contribution < 1.29 is 14.4 Å². The van der Waals surface area contributed by atoms with Crippen LogP contribution in [0.5, 0.6) is 0 Å². The number of carbonyl (C=O) groups excluding carboxylic acids is 3. The molecule has 1 fully saturated rings. The van der Waals surface area contributed by atoms with E-state index < -0.39 is 11.6 Å². The van der Waals surface area contributed by atoms with Crippen LogP contribution in [0.15, 0.2) is 29.6 Å². The zero-order valence-corrected chi connectivity index (χ0v) is 16.7. The molecule has 1 saturated heterocycles. The van der Waals surface area contributed by atoms with Gasteiger partial charge in [-0.25, -0.2) is 9.78 Å². The fourth-order valence-electron chi connectivity index (χ4n) is 2.79. The molecular formula is C18H19ClN4O3S. The number of nitrogens with zero attached hydrogens (tertiary/aromatic N) is 3. The number of rotatable bonds is 5. The molecule has 142 valence electrons. The molecule has 1 atom stereocenters. The molecule has 7 nitrogen and oxygen atoms in total. The van der Waals surface area contributed by atoms with Crippen molar-refractivity contribution in [1.82, 2.24) is 20.1 Å². The third kappa shape index (κ3) is 3.81. The predicted octanol–water partition coefficient (Wildman–Crippen LogP) is 2.39. The topological polar surface area (TPSA) is 82.6 Å². The van der Waals surface area contributed by atoms with E-state index in [1.807, 2.05) is 0 Å². The lowest BCUT2D eigenvalue weighted by molar-refractivity contribution is -0.131. The fraction of sp³-hybridized carbons (Fsp3) is 0.333. The van der Waals surface area contributed by atoms with Gasteiger partial charge in [-0.2, -0.15) is 0 Å². The minimum absolute atomic E-state index is 0.0491. The molecule has 1 aliphatic rings. The summed E-state index contributed by atoms with van der Waals surface area (Å²) in [4.78, 5) is 44.2. The molecule has 3 rings (SSSR count). The Morgan fingerprint density at radius 1 is 1.37 bits per heavy atom. The van der Waals surface area contributed by atoms with Gasteiger partial charge >= 0.3 is 6.03 Å². The van der Waals surface area contributed by atoms with Crippen LogP contribution in [-0.2, 0) is 28.1 Å². The van der Waals surface area contributed by atoms with Crippen molar-refractivity contribution >= 4 is 40.8 Å². The highest BCUT2D eigenvalue weighted by Gasteiger charge is 2.49. The van der Waals surface area contributed by atoms with Gasteiger partial charge in [0.25, 0.3) is 5.91 Å². The number of likely N-dealkylation sites (N-methyl/N-ethyl adjacent to an activating group) is 1. The molecule has 2 heterocycles. The van der Waals surface area contributed by atoms with Crippen LogP contribution in [-0.4, -0.2) is 46.7 Å². The van der Waals surface area contributed by atoms with Gasteiger partial charge in [0.15, 0.2) is 0 Å². The molecule has 0 radical (unpaired) electrons. The summed E-state index contributed by atoms with van der Waals surface area (Å²) in [7, 11) is 3.36. The Bertz CT molecular complexity index is 914. The second-order valence-electron chi connectivity index (χ2n) is 6.65. The second-order valence-corrected chi connectivity index (χ2v) is 8.03. The van der Waals surface area contributed by atoms with Crippen molar-refractivity contribution in [2.75, 3.05) is 14.1 Å². The minimum Gasteiger partial charge on any atom is -0.348 e. The zero-order chi connectivity index (χ0) is 19.8. The Morgan fingerprint density at radius 3 is 2.78 bits per heavy atom. The van der Waals surface area contributed by atoms with Crippen LogP contribution >= 0.6 is 22.9 Å². The molecule has 0 spiro atoms. The lowest BCUT2D eigenvalue weighted by atomic mass is 9.92. The monoisotopic (exact) mass is 406 g/mol. The summed E-state index contributed by atoms with van der Waals surface area (Å²) in [6.45, 7) is 1.70. The maximum atomic E-state index is 12.9. The summed E-state index contributed by atoms with van der Waals surface area (Å²) < 4.78 is 0. The average molecular weight is 407 g/mol. The largest absolute Gasteiger partial charge is 0.348 e. The van der Waals surface area contributed by atoms with E-state index in [0.717, 1.165) is 4.90 Å². The minimum atomic E-state index is -1.18. The number of imide groups is 1. The molecule has 0 aliphatic carbocycles. The Labute approximate surface area is 165 Å². The number of benzene rings is 1. The molecule has 4 amide bonds. The highest BCUT2D eigenvalue weighted by atomic mass is 35.5. The second kappa shape index (κ2) is 7.28. The molecule has 1 aromatic carbocycles. The van der Waals surface area contributed by atoms with Crippen molar-refractivity contribution in [3.05, 3.63) is 50.9 Å². The highest BCUT2D eigenvalue weighted by Crippen LogP contribution is 2.31. The molecule has 1 aliphatic heterocycles. The molecule has 1 aromatic heterocycles. The van der Waals surface area contributed by atoms with Crippen LogP contribution in [0.1, 0.15) is 23.2 Å². The van der Waals surface area contributed by atoms with Crippen molar-refractivity contribution in [2.24, 2.45) is 0 Å². The van der Waals surface area contributed by atoms with Crippen LogP contribution in [0, 0.1) is 0 Å². The van der Waals surface area contributed by atoms with E-state index in [2.05, 4.69) is 10.3 Å². The normalized spacial score (nSPS) is 19.3. The molecule has 9 heteroatoms. The number of amides is 4. The van der Waals surface area contributed by atoms with Crippen molar-refractivity contribution in [1.29, 1.82) is 0 Å². The molecule has 1 unspecified atom stereocenters.